The highest BCUT2D eigenvalue weighted by molar-refractivity contribution is 7.89. The van der Waals surface area contributed by atoms with Crippen molar-refractivity contribution < 1.29 is 34.8 Å². The van der Waals surface area contributed by atoms with Gasteiger partial charge in [-0.2, -0.15) is 26.3 Å². The summed E-state index contributed by atoms with van der Waals surface area (Å²) < 4.78 is 107. The molecule has 0 bridgehead atoms. The molecule has 0 radical (unpaired) electrons. The molecule has 0 fully saturated rings. The highest BCUT2D eigenvalue weighted by Crippen LogP contribution is 2.37. The first-order valence-electron chi connectivity index (χ1n) is 9.27. The van der Waals surface area contributed by atoms with E-state index in [0.717, 1.165) is 5.56 Å². The van der Waals surface area contributed by atoms with E-state index in [1.165, 1.54) is 0 Å². The van der Waals surface area contributed by atoms with Crippen LogP contribution in [0.5, 0.6) is 0 Å². The summed E-state index contributed by atoms with van der Waals surface area (Å²) in [4.78, 5) is -1.12. The predicted octanol–water partition coefficient (Wildman–Crippen LogP) is 5.99. The second kappa shape index (κ2) is 8.95. The van der Waals surface area contributed by atoms with Crippen molar-refractivity contribution in [2.24, 2.45) is 0 Å². The van der Waals surface area contributed by atoms with E-state index in [-0.39, 0.29) is 24.6 Å². The van der Waals surface area contributed by atoms with E-state index in [1.807, 2.05) is 0 Å². The standard InChI is InChI=1S/C22H17F6NO2S/c23-21(24,25)17-12-18(22(26,27)28)14-19(13-17)32(30,31)29-20(16-9-5-2-6-10-16)11-15-7-3-1-4-8-15/h1-10,12-14,20,29H,11H2/t20-/m0/s1. The molecule has 0 amide bonds. The molecule has 0 aliphatic rings. The summed E-state index contributed by atoms with van der Waals surface area (Å²) in [7, 11) is -4.74. The quantitative estimate of drug-likeness (QED) is 0.448. The van der Waals surface area contributed by atoms with Crippen LogP contribution in [-0.2, 0) is 28.8 Å². The maximum absolute atomic E-state index is 13.2. The van der Waals surface area contributed by atoms with Crippen molar-refractivity contribution in [1.29, 1.82) is 0 Å². The summed E-state index contributed by atoms with van der Waals surface area (Å²) in [6, 6.07) is 16.3. The highest BCUT2D eigenvalue weighted by Gasteiger charge is 2.38. The lowest BCUT2D eigenvalue weighted by Crippen LogP contribution is -2.30. The molecule has 1 N–H and O–H groups in total. The van der Waals surface area contributed by atoms with Crippen molar-refractivity contribution in [3.05, 3.63) is 101 Å². The summed E-state index contributed by atoms with van der Waals surface area (Å²) >= 11 is 0. The number of hydrogen-bond donors (Lipinski definition) is 1. The number of nitrogens with one attached hydrogen (secondary N) is 1. The van der Waals surface area contributed by atoms with Gasteiger partial charge < -0.3 is 0 Å². The van der Waals surface area contributed by atoms with Crippen molar-refractivity contribution in [3.63, 3.8) is 0 Å². The van der Waals surface area contributed by atoms with Gasteiger partial charge in [-0.05, 0) is 35.7 Å². The lowest BCUT2D eigenvalue weighted by Gasteiger charge is -2.21. The van der Waals surface area contributed by atoms with Crippen LogP contribution in [0.15, 0.2) is 83.8 Å². The Morgan fingerprint density at radius 3 is 1.66 bits per heavy atom. The van der Waals surface area contributed by atoms with Gasteiger partial charge in [0, 0.05) is 0 Å². The van der Waals surface area contributed by atoms with Crippen LogP contribution < -0.4 is 4.72 Å². The molecule has 3 aromatic rings. The van der Waals surface area contributed by atoms with Crippen LogP contribution in [0, 0.1) is 0 Å². The summed E-state index contributed by atoms with van der Waals surface area (Å²) in [5, 5.41) is 0. The summed E-state index contributed by atoms with van der Waals surface area (Å²) in [6.07, 6.45) is -10.2. The zero-order valence-electron chi connectivity index (χ0n) is 16.3. The van der Waals surface area contributed by atoms with E-state index in [1.54, 1.807) is 60.7 Å². The smallest absolute Gasteiger partial charge is 0.207 e. The van der Waals surface area contributed by atoms with E-state index in [4.69, 9.17) is 0 Å². The van der Waals surface area contributed by atoms with Gasteiger partial charge in [0.15, 0.2) is 0 Å². The van der Waals surface area contributed by atoms with Gasteiger partial charge in [0.1, 0.15) is 0 Å². The molecule has 0 heterocycles. The van der Waals surface area contributed by atoms with E-state index in [2.05, 4.69) is 4.72 Å². The number of sulfonamides is 1. The third-order valence-electron chi connectivity index (χ3n) is 4.65. The molecular weight excluding hydrogens is 456 g/mol. The lowest BCUT2D eigenvalue weighted by molar-refractivity contribution is -0.143. The fourth-order valence-corrected chi connectivity index (χ4v) is 4.39. The minimum Gasteiger partial charge on any atom is -0.207 e. The molecule has 0 aromatic heterocycles. The van der Waals surface area contributed by atoms with Crippen LogP contribution in [0.2, 0.25) is 0 Å². The minimum atomic E-state index is -5.16. The molecule has 0 saturated heterocycles. The summed E-state index contributed by atoms with van der Waals surface area (Å²) in [5.74, 6) is 0. The normalized spacial score (nSPS) is 13.7. The Kier molecular flexibility index (Phi) is 6.66. The van der Waals surface area contributed by atoms with Gasteiger partial charge in [0.05, 0.1) is 22.1 Å². The first-order chi connectivity index (χ1) is 14.9. The van der Waals surface area contributed by atoms with Gasteiger partial charge >= 0.3 is 12.4 Å². The van der Waals surface area contributed by atoms with Crippen LogP contribution in [0.25, 0.3) is 0 Å². The predicted molar refractivity (Wildman–Crippen MR) is 106 cm³/mol. The molecule has 0 unspecified atom stereocenters. The highest BCUT2D eigenvalue weighted by atomic mass is 32.2. The van der Waals surface area contributed by atoms with Crippen LogP contribution in [0.4, 0.5) is 26.3 Å². The van der Waals surface area contributed by atoms with Gasteiger partial charge in [-0.3, -0.25) is 0 Å². The summed E-state index contributed by atoms with van der Waals surface area (Å²) in [6.45, 7) is 0. The fourth-order valence-electron chi connectivity index (χ4n) is 3.10. The number of alkyl halides is 6. The molecule has 1 atom stereocenters. The van der Waals surface area contributed by atoms with Crippen molar-refractivity contribution in [2.45, 2.75) is 29.7 Å². The Morgan fingerprint density at radius 1 is 0.719 bits per heavy atom. The maximum atomic E-state index is 13.2. The van der Waals surface area contributed by atoms with Crippen LogP contribution in [-0.4, -0.2) is 8.42 Å². The average molecular weight is 473 g/mol. The number of hydrogen-bond acceptors (Lipinski definition) is 2. The first-order valence-corrected chi connectivity index (χ1v) is 10.8. The van der Waals surface area contributed by atoms with E-state index in [9.17, 15) is 34.8 Å². The van der Waals surface area contributed by atoms with Crippen LogP contribution in [0.3, 0.4) is 0 Å². The number of halogens is 6. The topological polar surface area (TPSA) is 46.2 Å². The molecule has 0 spiro atoms. The Labute approximate surface area is 180 Å². The second-order valence-electron chi connectivity index (χ2n) is 7.02. The maximum Gasteiger partial charge on any atom is 0.416 e. The SMILES string of the molecule is O=S(=O)(N[C@@H](Cc1ccccc1)c1ccccc1)c1cc(C(F)(F)F)cc(C(F)(F)F)c1. The van der Waals surface area contributed by atoms with E-state index >= 15 is 0 Å². The van der Waals surface area contributed by atoms with Crippen molar-refractivity contribution >= 4 is 10.0 Å². The van der Waals surface area contributed by atoms with Gasteiger partial charge in [-0.1, -0.05) is 60.7 Å². The van der Waals surface area contributed by atoms with E-state index in [0.29, 0.717) is 5.56 Å². The van der Waals surface area contributed by atoms with Crippen LogP contribution in [0.1, 0.15) is 28.3 Å². The molecule has 3 rings (SSSR count). The molecule has 3 nitrogen and oxygen atoms in total. The molecule has 0 saturated carbocycles. The third kappa shape index (κ3) is 5.89. The Bertz CT molecular complexity index is 1130. The molecule has 0 aliphatic heterocycles. The first kappa shape index (κ1) is 23.8. The van der Waals surface area contributed by atoms with Crippen molar-refractivity contribution in [1.82, 2.24) is 4.72 Å². The van der Waals surface area contributed by atoms with Gasteiger partial charge in [-0.25, -0.2) is 13.1 Å². The lowest BCUT2D eigenvalue weighted by atomic mass is 10.00. The van der Waals surface area contributed by atoms with Gasteiger partial charge in [0.25, 0.3) is 0 Å². The van der Waals surface area contributed by atoms with Crippen molar-refractivity contribution in [2.75, 3.05) is 0 Å². The molecule has 170 valence electrons. The Morgan fingerprint density at radius 2 is 1.19 bits per heavy atom. The van der Waals surface area contributed by atoms with Crippen LogP contribution >= 0.6 is 0 Å². The van der Waals surface area contributed by atoms with E-state index < -0.39 is 44.4 Å². The molecule has 32 heavy (non-hydrogen) atoms. The second-order valence-corrected chi connectivity index (χ2v) is 8.73. The Balaban J connectivity index is 2.05. The molecule has 10 heteroatoms. The zero-order valence-corrected chi connectivity index (χ0v) is 17.1. The largest absolute Gasteiger partial charge is 0.416 e. The molecular formula is C22H17F6NO2S. The number of benzene rings is 3. The fraction of sp³-hybridized carbons (Fsp3) is 0.182. The van der Waals surface area contributed by atoms with Gasteiger partial charge in [0.2, 0.25) is 10.0 Å². The van der Waals surface area contributed by atoms with Crippen molar-refractivity contribution in [3.8, 4) is 0 Å². The third-order valence-corrected chi connectivity index (χ3v) is 6.10. The summed E-state index contributed by atoms with van der Waals surface area (Å²) in [5.41, 5.74) is -2.17. The average Bonchev–Trinajstić information content (AvgIpc) is 2.73. The zero-order chi connectivity index (χ0) is 23.6. The number of rotatable bonds is 6. The Hall–Kier alpha value is -2.85. The monoisotopic (exact) mass is 473 g/mol. The molecule has 3 aromatic carbocycles. The molecule has 0 aliphatic carbocycles. The van der Waals surface area contributed by atoms with Gasteiger partial charge in [-0.15, -0.1) is 0 Å². The minimum absolute atomic E-state index is 0.113.